The molecule has 0 aromatic heterocycles. The lowest BCUT2D eigenvalue weighted by Crippen LogP contribution is -2.31. The highest BCUT2D eigenvalue weighted by atomic mass is 14.4. The van der Waals surface area contributed by atoms with Gasteiger partial charge in [-0.2, -0.15) is 0 Å². The van der Waals surface area contributed by atoms with E-state index in [1.165, 1.54) is 44.5 Å². The summed E-state index contributed by atoms with van der Waals surface area (Å²) in [7, 11) is 0. The third-order valence-corrected chi connectivity index (χ3v) is 12.6. The van der Waals surface area contributed by atoms with Gasteiger partial charge in [0.15, 0.2) is 0 Å². The molecule has 0 N–H and O–H groups in total. The van der Waals surface area contributed by atoms with E-state index < -0.39 is 5.41 Å². The van der Waals surface area contributed by atoms with Crippen LogP contribution in [-0.4, -0.2) is 0 Å². The second-order valence-corrected chi connectivity index (χ2v) is 19.6. The number of hydrogen-bond donors (Lipinski definition) is 0. The molecule has 4 aromatic rings. The molecule has 0 aliphatic carbocycles. The molecular weight excluding hydrogens is 589 g/mol. The van der Waals surface area contributed by atoms with Gasteiger partial charge in [-0.25, -0.2) is 0 Å². The molecule has 0 heterocycles. The van der Waals surface area contributed by atoms with Crippen LogP contribution in [0.2, 0.25) is 0 Å². The standard InChI is InChI=1S/C49H68/c1-33(45(5,6)7)37-17-25-41(26-18-37)49(42-27-19-38(20-28-42)34(2)46(8,9)10,43-29-21-39(22-30-43)35(3)47(11,12)13)44-31-23-40(24-32-44)36(4)48(14,15)16/h17-36H,1-16H3. The summed E-state index contributed by atoms with van der Waals surface area (Å²) in [4.78, 5) is 0. The van der Waals surface area contributed by atoms with Crippen molar-refractivity contribution in [1.82, 2.24) is 0 Å². The molecular formula is C49H68. The Balaban J connectivity index is 2.05. The van der Waals surface area contributed by atoms with Crippen LogP contribution in [0.15, 0.2) is 97.1 Å². The topological polar surface area (TPSA) is 0 Å². The third-order valence-electron chi connectivity index (χ3n) is 12.6. The molecule has 264 valence electrons. The molecule has 0 saturated carbocycles. The summed E-state index contributed by atoms with van der Waals surface area (Å²) in [5.41, 5.74) is 11.1. The van der Waals surface area contributed by atoms with Crippen molar-refractivity contribution < 1.29 is 0 Å². The lowest BCUT2D eigenvalue weighted by molar-refractivity contribution is 0.339. The van der Waals surface area contributed by atoms with E-state index in [0.717, 1.165) is 0 Å². The molecule has 0 fully saturated rings. The molecule has 0 radical (unpaired) electrons. The van der Waals surface area contributed by atoms with Crippen molar-refractivity contribution in [3.8, 4) is 0 Å². The minimum Gasteiger partial charge on any atom is -0.0596 e. The zero-order chi connectivity index (χ0) is 36.7. The smallest absolute Gasteiger partial charge is 0.0596 e. The molecule has 4 aromatic carbocycles. The summed E-state index contributed by atoms with van der Waals surface area (Å²) in [6, 6.07) is 38.5. The van der Waals surface area contributed by atoms with Gasteiger partial charge in [0.1, 0.15) is 0 Å². The highest BCUT2D eigenvalue weighted by Crippen LogP contribution is 2.48. The Kier molecular flexibility index (Phi) is 11.0. The van der Waals surface area contributed by atoms with Crippen LogP contribution in [-0.2, 0) is 5.41 Å². The fourth-order valence-electron chi connectivity index (χ4n) is 7.09. The van der Waals surface area contributed by atoms with Crippen molar-refractivity contribution in [2.24, 2.45) is 21.7 Å². The lowest BCUT2D eigenvalue weighted by atomic mass is 9.63. The summed E-state index contributed by atoms with van der Waals surface area (Å²) in [6.45, 7) is 37.6. The Bertz CT molecular complexity index is 1380. The van der Waals surface area contributed by atoms with E-state index in [2.05, 4.69) is 208 Å². The van der Waals surface area contributed by atoms with Crippen molar-refractivity contribution in [2.75, 3.05) is 0 Å². The SMILES string of the molecule is CC(c1ccc(C(c2ccc(C(C)C(C)(C)C)cc2)(c2ccc(C(C)C(C)(C)C)cc2)c2ccc(C(C)C(C)(C)C)cc2)cc1)C(C)(C)C. The minimum atomic E-state index is -0.486. The summed E-state index contributed by atoms with van der Waals surface area (Å²) >= 11 is 0. The van der Waals surface area contributed by atoms with Crippen LogP contribution in [0, 0.1) is 21.7 Å². The first kappa shape index (κ1) is 38.7. The van der Waals surface area contributed by atoms with Gasteiger partial charge in [0.05, 0.1) is 5.41 Å². The van der Waals surface area contributed by atoms with Crippen molar-refractivity contribution >= 4 is 0 Å². The first-order chi connectivity index (χ1) is 22.5. The Labute approximate surface area is 302 Å². The second-order valence-electron chi connectivity index (χ2n) is 19.6. The van der Waals surface area contributed by atoms with Crippen LogP contribution in [0.25, 0.3) is 0 Å². The van der Waals surface area contributed by atoms with Crippen LogP contribution in [0.1, 0.15) is 179 Å². The fraction of sp³-hybridized carbons (Fsp3) is 0.510. The molecule has 0 spiro atoms. The summed E-state index contributed by atoms with van der Waals surface area (Å²) in [5, 5.41) is 0. The molecule has 0 amide bonds. The monoisotopic (exact) mass is 657 g/mol. The number of benzene rings is 4. The highest BCUT2D eigenvalue weighted by molar-refractivity contribution is 5.61. The van der Waals surface area contributed by atoms with Crippen LogP contribution in [0.5, 0.6) is 0 Å². The molecule has 4 unspecified atom stereocenters. The maximum atomic E-state index is 2.42. The first-order valence-electron chi connectivity index (χ1n) is 18.9. The van der Waals surface area contributed by atoms with Crippen molar-refractivity contribution in [1.29, 1.82) is 0 Å². The zero-order valence-electron chi connectivity index (χ0n) is 34.0. The minimum absolute atomic E-state index is 0.192. The summed E-state index contributed by atoms with van der Waals surface area (Å²) in [6.07, 6.45) is 0. The van der Waals surface area contributed by atoms with Crippen molar-refractivity contribution in [2.45, 2.75) is 140 Å². The van der Waals surface area contributed by atoms with Crippen LogP contribution in [0.4, 0.5) is 0 Å². The molecule has 0 aliphatic rings. The second kappa shape index (κ2) is 13.9. The lowest BCUT2D eigenvalue weighted by Gasteiger charge is -2.38. The zero-order valence-corrected chi connectivity index (χ0v) is 34.0. The average molecular weight is 657 g/mol. The Morgan fingerprint density at radius 2 is 0.408 bits per heavy atom. The van der Waals surface area contributed by atoms with Gasteiger partial charge < -0.3 is 0 Å². The van der Waals surface area contributed by atoms with Gasteiger partial charge in [-0.3, -0.25) is 0 Å². The quantitative estimate of drug-likeness (QED) is 0.166. The normalized spacial score (nSPS) is 16.8. The van der Waals surface area contributed by atoms with Crippen LogP contribution >= 0.6 is 0 Å². The molecule has 0 aliphatic heterocycles. The molecule has 0 saturated heterocycles. The van der Waals surface area contributed by atoms with Gasteiger partial charge in [-0.05, 0) is 89.8 Å². The molecule has 0 heteroatoms. The average Bonchev–Trinajstić information content (AvgIpc) is 3.03. The van der Waals surface area contributed by atoms with Gasteiger partial charge in [0, 0.05) is 0 Å². The van der Waals surface area contributed by atoms with Crippen molar-refractivity contribution in [3.63, 3.8) is 0 Å². The van der Waals surface area contributed by atoms with Crippen LogP contribution in [0.3, 0.4) is 0 Å². The van der Waals surface area contributed by atoms with E-state index in [1.807, 2.05) is 0 Å². The largest absolute Gasteiger partial charge is 0.0701 e. The van der Waals surface area contributed by atoms with Gasteiger partial charge >= 0.3 is 0 Å². The van der Waals surface area contributed by atoms with Gasteiger partial charge in [0.25, 0.3) is 0 Å². The number of hydrogen-bond acceptors (Lipinski definition) is 0. The fourth-order valence-corrected chi connectivity index (χ4v) is 7.09. The molecule has 49 heavy (non-hydrogen) atoms. The van der Waals surface area contributed by atoms with Gasteiger partial charge in [0.2, 0.25) is 0 Å². The molecule has 0 bridgehead atoms. The van der Waals surface area contributed by atoms with E-state index in [0.29, 0.717) is 23.7 Å². The number of rotatable bonds is 8. The van der Waals surface area contributed by atoms with E-state index in [9.17, 15) is 0 Å². The van der Waals surface area contributed by atoms with E-state index >= 15 is 0 Å². The van der Waals surface area contributed by atoms with E-state index in [-0.39, 0.29) is 21.7 Å². The maximum absolute atomic E-state index is 2.42. The predicted octanol–water partition coefficient (Wildman–Crippen LogP) is 14.7. The molecule has 0 nitrogen and oxygen atoms in total. The Morgan fingerprint density at radius 1 is 0.265 bits per heavy atom. The summed E-state index contributed by atoms with van der Waals surface area (Å²) < 4.78 is 0. The third kappa shape index (κ3) is 8.11. The van der Waals surface area contributed by atoms with Crippen LogP contribution < -0.4 is 0 Å². The first-order valence-corrected chi connectivity index (χ1v) is 18.9. The van der Waals surface area contributed by atoms with E-state index in [1.54, 1.807) is 0 Å². The predicted molar refractivity (Wildman–Crippen MR) is 216 cm³/mol. The summed E-state index contributed by atoms with van der Waals surface area (Å²) in [5.74, 6) is 1.80. The van der Waals surface area contributed by atoms with Crippen molar-refractivity contribution in [3.05, 3.63) is 142 Å². The van der Waals surface area contributed by atoms with Gasteiger partial charge in [-0.1, -0.05) is 208 Å². The Morgan fingerprint density at radius 3 is 0.531 bits per heavy atom. The molecule has 4 atom stereocenters. The maximum Gasteiger partial charge on any atom is 0.0701 e. The van der Waals surface area contributed by atoms with Gasteiger partial charge in [-0.15, -0.1) is 0 Å². The molecule has 4 rings (SSSR count). The highest BCUT2D eigenvalue weighted by Gasteiger charge is 2.39. The van der Waals surface area contributed by atoms with E-state index in [4.69, 9.17) is 0 Å². The Hall–Kier alpha value is -3.12.